The van der Waals surface area contributed by atoms with Crippen molar-refractivity contribution in [3.05, 3.63) is 88.8 Å². The molecule has 0 aliphatic rings. The van der Waals surface area contributed by atoms with Crippen LogP contribution in [0, 0.1) is 52.4 Å². The summed E-state index contributed by atoms with van der Waals surface area (Å²) < 4.78 is 121. The molecule has 3 aromatic rings. The molecule has 0 nitrogen and oxygen atoms in total. The van der Waals surface area contributed by atoms with Gasteiger partial charge in [-0.3, -0.25) is 0 Å². The third kappa shape index (κ3) is 3.66. The van der Waals surface area contributed by atoms with Crippen LogP contribution in [0.2, 0.25) is 0 Å². The number of rotatable bonds is 3. The molecule has 0 amide bonds. The van der Waals surface area contributed by atoms with Gasteiger partial charge >= 0.3 is 157 Å². The van der Waals surface area contributed by atoms with Crippen LogP contribution < -0.4 is 12.4 Å². The van der Waals surface area contributed by atoms with Crippen LogP contribution in [0.5, 0.6) is 0 Å². The Morgan fingerprint density at radius 3 is 0.714 bits per heavy atom. The Bertz CT molecular complexity index is 875. The van der Waals surface area contributed by atoms with Gasteiger partial charge in [-0.2, -0.15) is 0 Å². The summed E-state index contributed by atoms with van der Waals surface area (Å²) in [5, 5.41) is 0. The van der Waals surface area contributed by atoms with E-state index in [1.165, 1.54) is 0 Å². The van der Waals surface area contributed by atoms with Crippen LogP contribution in [0.25, 0.3) is 0 Å². The van der Waals surface area contributed by atoms with E-state index in [1.807, 2.05) is 0 Å². The second-order valence-corrected chi connectivity index (χ2v) is 11.8. The zero-order valence-electron chi connectivity index (χ0n) is 13.4. The molecule has 0 bridgehead atoms. The summed E-state index contributed by atoms with van der Waals surface area (Å²) in [6.07, 6.45) is 0. The molecule has 0 aliphatic carbocycles. The van der Waals surface area contributed by atoms with Crippen LogP contribution in [0.3, 0.4) is 0 Å². The normalized spacial score (nSPS) is 11.0. The monoisotopic (exact) mass is 462 g/mol. The third-order valence-corrected chi connectivity index (χ3v) is 10.3. The fraction of sp³-hybridized carbons (Fsp3) is 0. The number of halogens is 9. The molecule has 0 saturated heterocycles. The number of hydrogen-bond acceptors (Lipinski definition) is 0. The first kappa shape index (κ1) is 20.4. The van der Waals surface area contributed by atoms with E-state index in [2.05, 4.69) is 0 Å². The van der Waals surface area contributed by atoms with E-state index in [0.29, 0.717) is 36.4 Å². The first-order valence-electron chi connectivity index (χ1n) is 7.53. The third-order valence-electron chi connectivity index (χ3n) is 4.02. The summed E-state index contributed by atoms with van der Waals surface area (Å²) in [7, 11) is 0. The molecular formula is C18H6F9Ga. The van der Waals surface area contributed by atoms with Gasteiger partial charge in [0, 0.05) is 0 Å². The molecule has 0 fully saturated rings. The van der Waals surface area contributed by atoms with Gasteiger partial charge in [0.1, 0.15) is 0 Å². The number of benzene rings is 3. The topological polar surface area (TPSA) is 0 Å². The maximum atomic E-state index is 13.7. The molecule has 10 heteroatoms. The Kier molecular flexibility index (Phi) is 5.53. The van der Waals surface area contributed by atoms with Crippen LogP contribution in [-0.2, 0) is 0 Å². The van der Waals surface area contributed by atoms with E-state index in [4.69, 9.17) is 0 Å². The molecular weight excluding hydrogens is 457 g/mol. The van der Waals surface area contributed by atoms with Crippen LogP contribution in [0.4, 0.5) is 39.5 Å². The van der Waals surface area contributed by atoms with E-state index < -0.39 is 68.6 Å². The summed E-state index contributed by atoms with van der Waals surface area (Å²) in [5.74, 6) is -15.3. The van der Waals surface area contributed by atoms with Gasteiger partial charge in [0.15, 0.2) is 0 Å². The molecule has 0 aliphatic heterocycles. The van der Waals surface area contributed by atoms with Crippen molar-refractivity contribution in [1.82, 2.24) is 0 Å². The standard InChI is InChI=1S/3C6H2F3.Ga/c3*7-4-2-1-3-5(8)6(4)9;/h3*2-3H;. The Morgan fingerprint density at radius 1 is 0.357 bits per heavy atom. The SMILES string of the molecule is Fc1c[c]([Ga]([c]2cc(F)c(F)c(F)c2)[c]2cc(F)c(F)c(F)c2)cc(F)c1F. The molecule has 0 atom stereocenters. The van der Waals surface area contributed by atoms with E-state index in [1.54, 1.807) is 0 Å². The zero-order chi connectivity index (χ0) is 20.7. The predicted molar refractivity (Wildman–Crippen MR) is 83.6 cm³/mol. The molecule has 0 radical (unpaired) electrons. The summed E-state index contributed by atoms with van der Waals surface area (Å²) >= 11 is -4.11. The Morgan fingerprint density at radius 2 is 0.536 bits per heavy atom. The summed E-state index contributed by atoms with van der Waals surface area (Å²) in [6.45, 7) is 0. The average Bonchev–Trinajstić information content (AvgIpc) is 2.62. The molecule has 0 spiro atoms. The predicted octanol–water partition coefficient (Wildman–Crippen LogP) is 3.45. The van der Waals surface area contributed by atoms with Crippen molar-refractivity contribution in [2.75, 3.05) is 0 Å². The van der Waals surface area contributed by atoms with Crippen LogP contribution in [0.15, 0.2) is 36.4 Å². The first-order chi connectivity index (χ1) is 13.1. The van der Waals surface area contributed by atoms with Crippen molar-refractivity contribution in [3.63, 3.8) is 0 Å². The average molecular weight is 463 g/mol. The first-order valence-corrected chi connectivity index (χ1v) is 11.2. The van der Waals surface area contributed by atoms with Crippen LogP contribution in [-0.4, -0.2) is 16.2 Å². The summed E-state index contributed by atoms with van der Waals surface area (Å²) in [6, 6.07) is 3.09. The van der Waals surface area contributed by atoms with Crippen molar-refractivity contribution in [2.24, 2.45) is 0 Å². The Balaban J connectivity index is 2.32. The second kappa shape index (κ2) is 7.59. The van der Waals surface area contributed by atoms with Gasteiger partial charge in [0.2, 0.25) is 0 Å². The zero-order valence-corrected chi connectivity index (χ0v) is 15.9. The molecule has 28 heavy (non-hydrogen) atoms. The van der Waals surface area contributed by atoms with Crippen molar-refractivity contribution in [2.45, 2.75) is 0 Å². The van der Waals surface area contributed by atoms with E-state index >= 15 is 0 Å². The molecule has 0 aromatic heterocycles. The van der Waals surface area contributed by atoms with Gasteiger partial charge in [-0.05, 0) is 0 Å². The van der Waals surface area contributed by atoms with E-state index in [9.17, 15) is 39.5 Å². The van der Waals surface area contributed by atoms with Crippen molar-refractivity contribution in [1.29, 1.82) is 0 Å². The van der Waals surface area contributed by atoms with Gasteiger partial charge in [0.25, 0.3) is 0 Å². The summed E-state index contributed by atoms with van der Waals surface area (Å²) in [5.41, 5.74) is 0. The minimum absolute atomic E-state index is 0.320. The van der Waals surface area contributed by atoms with E-state index in [0.717, 1.165) is 0 Å². The van der Waals surface area contributed by atoms with Gasteiger partial charge in [-0.15, -0.1) is 0 Å². The molecule has 0 saturated carbocycles. The maximum absolute atomic E-state index is 13.7. The Hall–Kier alpha value is -2.33. The molecule has 3 rings (SSSR count). The molecule has 0 heterocycles. The van der Waals surface area contributed by atoms with Crippen molar-refractivity contribution in [3.8, 4) is 0 Å². The van der Waals surface area contributed by atoms with E-state index in [-0.39, 0.29) is 12.4 Å². The molecule has 0 N–H and O–H groups in total. The van der Waals surface area contributed by atoms with Gasteiger partial charge in [-0.25, -0.2) is 0 Å². The van der Waals surface area contributed by atoms with Crippen molar-refractivity contribution >= 4 is 28.6 Å². The molecule has 144 valence electrons. The van der Waals surface area contributed by atoms with Gasteiger partial charge in [0.05, 0.1) is 0 Å². The van der Waals surface area contributed by atoms with Gasteiger partial charge in [-0.1, -0.05) is 0 Å². The molecule has 3 aromatic carbocycles. The number of hydrogen-bond donors (Lipinski definition) is 0. The van der Waals surface area contributed by atoms with Crippen LogP contribution >= 0.6 is 0 Å². The van der Waals surface area contributed by atoms with Crippen molar-refractivity contribution < 1.29 is 39.5 Å². The fourth-order valence-electron chi connectivity index (χ4n) is 2.80. The Labute approximate surface area is 157 Å². The fourth-order valence-corrected chi connectivity index (χ4v) is 9.17. The quantitative estimate of drug-likeness (QED) is 0.318. The van der Waals surface area contributed by atoms with Gasteiger partial charge < -0.3 is 0 Å². The second-order valence-electron chi connectivity index (χ2n) is 5.83. The molecule has 0 unspecified atom stereocenters. The van der Waals surface area contributed by atoms with Crippen LogP contribution in [0.1, 0.15) is 0 Å². The minimum atomic E-state index is -4.11. The summed E-state index contributed by atoms with van der Waals surface area (Å²) in [4.78, 5) is 0.